The zero-order chi connectivity index (χ0) is 21.2. The lowest BCUT2D eigenvalue weighted by Crippen LogP contribution is -2.17. The highest BCUT2D eigenvalue weighted by atomic mass is 35.5. The van der Waals surface area contributed by atoms with E-state index in [-0.39, 0.29) is 21.0 Å². The summed E-state index contributed by atoms with van der Waals surface area (Å²) in [6.07, 6.45) is 0. The monoisotopic (exact) mass is 430 g/mol. The number of amides is 1. The number of halogens is 1. The van der Waals surface area contributed by atoms with Crippen LogP contribution in [0.2, 0.25) is 5.02 Å². The molecule has 0 spiro atoms. The number of sulfone groups is 1. The number of rotatable bonds is 5. The highest BCUT2D eigenvalue weighted by Crippen LogP contribution is 2.27. The van der Waals surface area contributed by atoms with E-state index in [4.69, 9.17) is 11.6 Å². The van der Waals surface area contributed by atoms with E-state index in [9.17, 15) is 23.3 Å². The van der Waals surface area contributed by atoms with Crippen LogP contribution < -0.4 is 5.32 Å². The van der Waals surface area contributed by atoms with Gasteiger partial charge in [-0.25, -0.2) is 8.42 Å². The number of nitro groups is 1. The minimum atomic E-state index is -4.08. The smallest absolute Gasteiger partial charge is 0.269 e. The molecule has 0 heterocycles. The normalized spacial score (nSPS) is 11.1. The minimum Gasteiger partial charge on any atom is -0.322 e. The average Bonchev–Trinajstić information content (AvgIpc) is 2.70. The summed E-state index contributed by atoms with van der Waals surface area (Å²) in [4.78, 5) is 22.6. The summed E-state index contributed by atoms with van der Waals surface area (Å²) in [7, 11) is -4.08. The fraction of sp³-hybridized carbons (Fsp3) is 0.0500. The molecule has 0 saturated carbocycles. The number of non-ortho nitro benzene ring substituents is 1. The summed E-state index contributed by atoms with van der Waals surface area (Å²) >= 11 is 5.97. The third kappa shape index (κ3) is 4.28. The highest BCUT2D eigenvalue weighted by Gasteiger charge is 2.25. The first-order valence-electron chi connectivity index (χ1n) is 8.36. The lowest BCUT2D eigenvalue weighted by atomic mass is 10.1. The van der Waals surface area contributed by atoms with Crippen molar-refractivity contribution in [3.8, 4) is 0 Å². The van der Waals surface area contributed by atoms with Gasteiger partial charge in [0.1, 0.15) is 0 Å². The Kier molecular flexibility index (Phi) is 5.67. The van der Waals surface area contributed by atoms with Gasteiger partial charge in [0.05, 0.1) is 20.3 Å². The van der Waals surface area contributed by atoms with E-state index in [1.807, 2.05) is 0 Å². The predicted molar refractivity (Wildman–Crippen MR) is 109 cm³/mol. The van der Waals surface area contributed by atoms with Gasteiger partial charge >= 0.3 is 0 Å². The summed E-state index contributed by atoms with van der Waals surface area (Å²) in [6, 6.07) is 15.2. The van der Waals surface area contributed by atoms with Gasteiger partial charge in [-0.05, 0) is 48.9 Å². The SMILES string of the molecule is Cc1ccc(Cl)cc1NC(=O)c1ccccc1S(=O)(=O)c1ccc([N+](=O)[O-])cc1. The van der Waals surface area contributed by atoms with Crippen LogP contribution in [0, 0.1) is 17.0 Å². The third-order valence-corrected chi connectivity index (χ3v) is 6.29. The van der Waals surface area contributed by atoms with Crippen molar-refractivity contribution < 1.29 is 18.1 Å². The highest BCUT2D eigenvalue weighted by molar-refractivity contribution is 7.91. The first kappa shape index (κ1) is 20.5. The topological polar surface area (TPSA) is 106 Å². The van der Waals surface area contributed by atoms with E-state index in [2.05, 4.69) is 5.32 Å². The summed E-state index contributed by atoms with van der Waals surface area (Å²) in [6.45, 7) is 1.78. The largest absolute Gasteiger partial charge is 0.322 e. The van der Waals surface area contributed by atoms with Crippen LogP contribution in [-0.2, 0) is 9.84 Å². The molecule has 3 aromatic carbocycles. The number of carbonyl (C=O) groups excluding carboxylic acids is 1. The zero-order valence-corrected chi connectivity index (χ0v) is 16.7. The molecule has 1 N–H and O–H groups in total. The van der Waals surface area contributed by atoms with Crippen molar-refractivity contribution in [2.45, 2.75) is 16.7 Å². The second-order valence-corrected chi connectivity index (χ2v) is 8.52. The Morgan fingerprint density at radius 3 is 2.34 bits per heavy atom. The maximum Gasteiger partial charge on any atom is 0.269 e. The molecule has 0 radical (unpaired) electrons. The molecule has 0 fully saturated rings. The molecule has 0 aliphatic carbocycles. The van der Waals surface area contributed by atoms with Gasteiger partial charge in [-0.1, -0.05) is 29.8 Å². The van der Waals surface area contributed by atoms with Crippen molar-refractivity contribution in [2.75, 3.05) is 5.32 Å². The minimum absolute atomic E-state index is 0.0507. The second kappa shape index (κ2) is 8.02. The number of nitrogens with one attached hydrogen (secondary N) is 1. The summed E-state index contributed by atoms with van der Waals surface area (Å²) < 4.78 is 26.1. The van der Waals surface area contributed by atoms with Crippen LogP contribution >= 0.6 is 11.6 Å². The van der Waals surface area contributed by atoms with Crippen molar-refractivity contribution in [1.29, 1.82) is 0 Å². The maximum atomic E-state index is 13.0. The molecule has 0 aliphatic heterocycles. The molecule has 0 saturated heterocycles. The van der Waals surface area contributed by atoms with Crippen molar-refractivity contribution >= 4 is 38.7 Å². The van der Waals surface area contributed by atoms with Crippen LogP contribution in [-0.4, -0.2) is 19.2 Å². The van der Waals surface area contributed by atoms with E-state index < -0.39 is 20.7 Å². The molecular formula is C20H15ClN2O5S. The third-order valence-electron chi connectivity index (χ3n) is 4.23. The van der Waals surface area contributed by atoms with Crippen LogP contribution in [0.5, 0.6) is 0 Å². The van der Waals surface area contributed by atoms with Crippen LogP contribution in [0.1, 0.15) is 15.9 Å². The lowest BCUT2D eigenvalue weighted by Gasteiger charge is -2.12. The van der Waals surface area contributed by atoms with E-state index in [1.165, 1.54) is 18.2 Å². The molecule has 9 heteroatoms. The zero-order valence-electron chi connectivity index (χ0n) is 15.1. The van der Waals surface area contributed by atoms with Crippen molar-refractivity contribution in [1.82, 2.24) is 0 Å². The van der Waals surface area contributed by atoms with Crippen LogP contribution in [0.3, 0.4) is 0 Å². The van der Waals surface area contributed by atoms with Gasteiger partial charge in [-0.15, -0.1) is 0 Å². The van der Waals surface area contributed by atoms with Gasteiger partial charge in [-0.2, -0.15) is 0 Å². The van der Waals surface area contributed by atoms with E-state index in [1.54, 1.807) is 31.2 Å². The Morgan fingerprint density at radius 2 is 1.69 bits per heavy atom. The molecule has 148 valence electrons. The number of benzene rings is 3. The molecule has 0 unspecified atom stereocenters. The molecule has 7 nitrogen and oxygen atoms in total. The first-order valence-corrected chi connectivity index (χ1v) is 10.2. The number of aryl methyl sites for hydroxylation is 1. The number of nitrogens with zero attached hydrogens (tertiary/aromatic N) is 1. The Bertz CT molecular complexity index is 1210. The van der Waals surface area contributed by atoms with Gasteiger partial charge in [0.15, 0.2) is 0 Å². The second-order valence-electron chi connectivity index (χ2n) is 6.16. The maximum absolute atomic E-state index is 13.0. The quantitative estimate of drug-likeness (QED) is 0.468. The van der Waals surface area contributed by atoms with Gasteiger partial charge in [-0.3, -0.25) is 14.9 Å². The van der Waals surface area contributed by atoms with Crippen LogP contribution in [0.25, 0.3) is 0 Å². The molecule has 3 rings (SSSR count). The van der Waals surface area contributed by atoms with E-state index in [0.29, 0.717) is 10.7 Å². The number of carbonyl (C=O) groups is 1. The van der Waals surface area contributed by atoms with Crippen LogP contribution in [0.4, 0.5) is 11.4 Å². The fourth-order valence-electron chi connectivity index (χ4n) is 2.68. The molecule has 0 aliphatic rings. The number of nitro benzene ring substituents is 1. The first-order chi connectivity index (χ1) is 13.7. The van der Waals surface area contributed by atoms with Crippen molar-refractivity contribution in [2.24, 2.45) is 0 Å². The van der Waals surface area contributed by atoms with E-state index in [0.717, 1.165) is 29.8 Å². The molecule has 0 bridgehead atoms. The van der Waals surface area contributed by atoms with Gasteiger partial charge < -0.3 is 5.32 Å². The Morgan fingerprint density at radius 1 is 1.03 bits per heavy atom. The Labute approximate surface area is 172 Å². The lowest BCUT2D eigenvalue weighted by molar-refractivity contribution is -0.384. The van der Waals surface area contributed by atoms with Gasteiger partial charge in [0, 0.05) is 22.8 Å². The molecular weight excluding hydrogens is 416 g/mol. The Balaban J connectivity index is 2.00. The van der Waals surface area contributed by atoms with Crippen molar-refractivity contribution in [3.05, 3.63) is 93.0 Å². The summed E-state index contributed by atoms with van der Waals surface area (Å²) in [5, 5.41) is 13.9. The number of hydrogen-bond acceptors (Lipinski definition) is 5. The van der Waals surface area contributed by atoms with Crippen LogP contribution in [0.15, 0.2) is 76.5 Å². The molecule has 3 aromatic rings. The summed E-state index contributed by atoms with van der Waals surface area (Å²) in [5.74, 6) is -0.614. The molecule has 1 amide bonds. The van der Waals surface area contributed by atoms with Gasteiger partial charge in [0.25, 0.3) is 11.6 Å². The molecule has 29 heavy (non-hydrogen) atoms. The summed E-state index contributed by atoms with van der Waals surface area (Å²) in [5.41, 5.74) is 0.945. The average molecular weight is 431 g/mol. The molecule has 0 aromatic heterocycles. The predicted octanol–water partition coefficient (Wildman–Crippen LogP) is 4.64. The van der Waals surface area contributed by atoms with Crippen molar-refractivity contribution in [3.63, 3.8) is 0 Å². The number of hydrogen-bond donors (Lipinski definition) is 1. The Hall–Kier alpha value is -3.23. The molecule has 0 atom stereocenters. The standard InChI is InChI=1S/C20H15ClN2O5S/c1-13-6-7-14(21)12-18(13)22-20(24)17-4-2-3-5-19(17)29(27,28)16-10-8-15(9-11-16)23(25)26/h2-12H,1H3,(H,22,24). The number of anilines is 1. The van der Waals surface area contributed by atoms with E-state index >= 15 is 0 Å². The fourth-order valence-corrected chi connectivity index (χ4v) is 4.31. The van der Waals surface area contributed by atoms with Gasteiger partial charge in [0.2, 0.25) is 9.84 Å².